The Morgan fingerprint density at radius 1 is 1.35 bits per heavy atom. The zero-order valence-corrected chi connectivity index (χ0v) is 11.4. The first-order valence-corrected chi connectivity index (χ1v) is 6.63. The molecule has 2 amide bonds. The maximum Gasteiger partial charge on any atom is 0.317 e. The van der Waals surface area contributed by atoms with Gasteiger partial charge in [-0.2, -0.15) is 0 Å². The standard InChI is InChI=1S/C14H19N3O3/c1-2-5-15-14(19)17-8-6-16(7-9-17)11-12(18)13-4-3-10-20-13/h2-4,10H,1,5-9,11H2,(H,15,19). The Kier molecular flexibility index (Phi) is 4.95. The number of nitrogens with one attached hydrogen (secondary N) is 1. The molecule has 1 aliphatic rings. The van der Waals surface area contributed by atoms with Gasteiger partial charge in [0.2, 0.25) is 5.78 Å². The van der Waals surface area contributed by atoms with E-state index in [1.807, 2.05) is 4.90 Å². The average molecular weight is 277 g/mol. The molecule has 1 aromatic heterocycles. The highest BCUT2D eigenvalue weighted by atomic mass is 16.3. The molecule has 1 N–H and O–H groups in total. The lowest BCUT2D eigenvalue weighted by atomic mass is 10.2. The van der Waals surface area contributed by atoms with Crippen molar-refractivity contribution in [2.45, 2.75) is 0 Å². The Bertz CT molecular complexity index is 462. The van der Waals surface area contributed by atoms with E-state index in [-0.39, 0.29) is 11.8 Å². The number of amides is 2. The van der Waals surface area contributed by atoms with E-state index in [0.29, 0.717) is 45.0 Å². The summed E-state index contributed by atoms with van der Waals surface area (Å²) in [5, 5.41) is 2.75. The molecule has 0 saturated carbocycles. The fourth-order valence-corrected chi connectivity index (χ4v) is 2.10. The van der Waals surface area contributed by atoms with E-state index in [9.17, 15) is 9.59 Å². The summed E-state index contributed by atoms with van der Waals surface area (Å²) in [4.78, 5) is 27.4. The summed E-state index contributed by atoms with van der Waals surface area (Å²) < 4.78 is 5.08. The molecule has 6 nitrogen and oxygen atoms in total. The summed E-state index contributed by atoms with van der Waals surface area (Å²) in [6.07, 6.45) is 3.14. The number of nitrogens with zero attached hydrogens (tertiary/aromatic N) is 2. The Hall–Kier alpha value is -2.08. The van der Waals surface area contributed by atoms with Crippen LogP contribution in [0.15, 0.2) is 35.5 Å². The second-order valence-electron chi connectivity index (χ2n) is 4.64. The second kappa shape index (κ2) is 6.91. The normalized spacial score (nSPS) is 15.9. The number of rotatable bonds is 5. The highest BCUT2D eigenvalue weighted by molar-refractivity contribution is 5.95. The van der Waals surface area contributed by atoms with Crippen LogP contribution >= 0.6 is 0 Å². The zero-order valence-electron chi connectivity index (χ0n) is 11.4. The van der Waals surface area contributed by atoms with Gasteiger partial charge in [-0.15, -0.1) is 6.58 Å². The first kappa shape index (κ1) is 14.3. The molecule has 1 fully saturated rings. The fraction of sp³-hybridized carbons (Fsp3) is 0.429. The van der Waals surface area contributed by atoms with Crippen molar-refractivity contribution >= 4 is 11.8 Å². The zero-order chi connectivity index (χ0) is 14.4. The van der Waals surface area contributed by atoms with Gasteiger partial charge in [0.05, 0.1) is 12.8 Å². The molecule has 1 saturated heterocycles. The van der Waals surface area contributed by atoms with Crippen LogP contribution in [0.2, 0.25) is 0 Å². The molecular formula is C14H19N3O3. The van der Waals surface area contributed by atoms with Crippen LogP contribution in [0.4, 0.5) is 4.79 Å². The summed E-state index contributed by atoms with van der Waals surface area (Å²) >= 11 is 0. The average Bonchev–Trinajstić information content (AvgIpc) is 3.00. The Morgan fingerprint density at radius 2 is 2.10 bits per heavy atom. The molecule has 0 spiro atoms. The van der Waals surface area contributed by atoms with E-state index in [1.165, 1.54) is 6.26 Å². The lowest BCUT2D eigenvalue weighted by Gasteiger charge is -2.34. The maximum absolute atomic E-state index is 11.9. The van der Waals surface area contributed by atoms with Crippen molar-refractivity contribution in [2.75, 3.05) is 39.3 Å². The second-order valence-corrected chi connectivity index (χ2v) is 4.64. The predicted molar refractivity (Wildman–Crippen MR) is 74.6 cm³/mol. The van der Waals surface area contributed by atoms with E-state index in [4.69, 9.17) is 4.42 Å². The smallest absolute Gasteiger partial charge is 0.317 e. The number of furan rings is 1. The van der Waals surface area contributed by atoms with Gasteiger partial charge in [-0.3, -0.25) is 9.69 Å². The third-order valence-corrected chi connectivity index (χ3v) is 3.22. The van der Waals surface area contributed by atoms with Crippen molar-refractivity contribution in [2.24, 2.45) is 0 Å². The molecule has 2 heterocycles. The summed E-state index contributed by atoms with van der Waals surface area (Å²) in [6.45, 7) is 6.97. The maximum atomic E-state index is 11.9. The number of ketones is 1. The highest BCUT2D eigenvalue weighted by Gasteiger charge is 2.22. The van der Waals surface area contributed by atoms with Crippen molar-refractivity contribution in [3.05, 3.63) is 36.8 Å². The molecule has 1 aromatic rings. The molecule has 1 aliphatic heterocycles. The number of carbonyl (C=O) groups excluding carboxylic acids is 2. The van der Waals surface area contributed by atoms with Crippen molar-refractivity contribution in [1.82, 2.24) is 15.1 Å². The highest BCUT2D eigenvalue weighted by Crippen LogP contribution is 2.06. The predicted octanol–water partition coefficient (Wildman–Crippen LogP) is 0.975. The van der Waals surface area contributed by atoms with E-state index in [0.717, 1.165) is 0 Å². The fourth-order valence-electron chi connectivity index (χ4n) is 2.10. The van der Waals surface area contributed by atoms with Gasteiger partial charge in [-0.05, 0) is 12.1 Å². The van der Waals surface area contributed by atoms with Crippen LogP contribution in [-0.2, 0) is 0 Å². The van der Waals surface area contributed by atoms with Gasteiger partial charge in [-0.25, -0.2) is 4.79 Å². The monoisotopic (exact) mass is 277 g/mol. The molecule has 0 atom stereocenters. The van der Waals surface area contributed by atoms with E-state index in [1.54, 1.807) is 23.1 Å². The van der Waals surface area contributed by atoms with Gasteiger partial charge in [0.25, 0.3) is 0 Å². The first-order valence-electron chi connectivity index (χ1n) is 6.63. The minimum Gasteiger partial charge on any atom is -0.461 e. The molecule has 0 aromatic carbocycles. The van der Waals surface area contributed by atoms with Gasteiger partial charge in [0, 0.05) is 32.7 Å². The molecule has 2 rings (SSSR count). The third-order valence-electron chi connectivity index (χ3n) is 3.22. The number of hydrogen-bond acceptors (Lipinski definition) is 4. The van der Waals surface area contributed by atoms with Crippen LogP contribution in [0.5, 0.6) is 0 Å². The van der Waals surface area contributed by atoms with E-state index in [2.05, 4.69) is 11.9 Å². The van der Waals surface area contributed by atoms with Gasteiger partial charge < -0.3 is 14.6 Å². The third kappa shape index (κ3) is 3.71. The molecule has 108 valence electrons. The Balaban J connectivity index is 1.75. The number of piperazine rings is 1. The number of hydrogen-bond donors (Lipinski definition) is 1. The largest absolute Gasteiger partial charge is 0.461 e. The van der Waals surface area contributed by atoms with Crippen molar-refractivity contribution in [3.63, 3.8) is 0 Å². The van der Waals surface area contributed by atoms with Gasteiger partial charge in [-0.1, -0.05) is 6.08 Å². The summed E-state index contributed by atoms with van der Waals surface area (Å²) in [5.74, 6) is 0.357. The van der Waals surface area contributed by atoms with E-state index < -0.39 is 0 Å². The minimum atomic E-state index is -0.0816. The lowest BCUT2D eigenvalue weighted by molar-refractivity contribution is 0.0852. The van der Waals surface area contributed by atoms with Crippen LogP contribution in [0.3, 0.4) is 0 Å². The van der Waals surface area contributed by atoms with Crippen LogP contribution in [-0.4, -0.2) is 60.9 Å². The summed E-state index contributed by atoms with van der Waals surface area (Å²) in [6, 6.07) is 3.29. The molecule has 0 unspecified atom stereocenters. The van der Waals surface area contributed by atoms with Gasteiger partial charge in [0.1, 0.15) is 0 Å². The Labute approximate surface area is 118 Å². The van der Waals surface area contributed by atoms with Crippen LogP contribution in [0.1, 0.15) is 10.6 Å². The summed E-state index contributed by atoms with van der Waals surface area (Å²) in [5.41, 5.74) is 0. The minimum absolute atomic E-state index is 0.0282. The van der Waals surface area contributed by atoms with Crippen LogP contribution in [0, 0.1) is 0 Å². The molecule has 0 bridgehead atoms. The first-order chi connectivity index (χ1) is 9.70. The molecule has 0 radical (unpaired) electrons. The SMILES string of the molecule is C=CCNC(=O)N1CCN(CC(=O)c2ccco2)CC1. The van der Waals surface area contributed by atoms with Gasteiger partial charge in [0.15, 0.2) is 5.76 Å². The van der Waals surface area contributed by atoms with Crippen LogP contribution in [0.25, 0.3) is 0 Å². The van der Waals surface area contributed by atoms with Gasteiger partial charge >= 0.3 is 6.03 Å². The Morgan fingerprint density at radius 3 is 2.70 bits per heavy atom. The van der Waals surface area contributed by atoms with Crippen molar-refractivity contribution in [3.8, 4) is 0 Å². The molecular weight excluding hydrogens is 258 g/mol. The van der Waals surface area contributed by atoms with E-state index >= 15 is 0 Å². The number of Topliss-reactive ketones (excluding diaryl/α,β-unsaturated/α-hetero) is 1. The molecule has 0 aliphatic carbocycles. The summed E-state index contributed by atoms with van der Waals surface area (Å²) in [7, 11) is 0. The van der Waals surface area contributed by atoms with Crippen molar-refractivity contribution in [1.29, 1.82) is 0 Å². The molecule has 6 heteroatoms. The number of carbonyl (C=O) groups is 2. The lowest BCUT2D eigenvalue weighted by Crippen LogP contribution is -2.52. The van der Waals surface area contributed by atoms with Crippen molar-refractivity contribution < 1.29 is 14.0 Å². The quantitative estimate of drug-likeness (QED) is 0.643. The topological polar surface area (TPSA) is 65.8 Å². The van der Waals surface area contributed by atoms with Crippen LogP contribution < -0.4 is 5.32 Å². The number of urea groups is 1. The molecule has 20 heavy (non-hydrogen) atoms.